The van der Waals surface area contributed by atoms with Gasteiger partial charge in [0.05, 0.1) is 25.0 Å². The van der Waals surface area contributed by atoms with Gasteiger partial charge in [0.15, 0.2) is 0 Å². The summed E-state index contributed by atoms with van der Waals surface area (Å²) in [6.07, 6.45) is 1.34. The van der Waals surface area contributed by atoms with Crippen molar-refractivity contribution in [3.8, 4) is 5.75 Å². The largest absolute Gasteiger partial charge is 0.494 e. The van der Waals surface area contributed by atoms with Crippen LogP contribution >= 0.6 is 0 Å². The SMILES string of the molecule is COc1c(C)ncc(C(N)=O)c1CO. The van der Waals surface area contributed by atoms with Gasteiger partial charge in [0.1, 0.15) is 5.75 Å². The van der Waals surface area contributed by atoms with E-state index < -0.39 is 5.91 Å². The molecule has 5 nitrogen and oxygen atoms in total. The fourth-order valence-corrected chi connectivity index (χ4v) is 1.28. The lowest BCUT2D eigenvalue weighted by Crippen LogP contribution is -2.15. The van der Waals surface area contributed by atoms with E-state index in [0.717, 1.165) is 0 Å². The van der Waals surface area contributed by atoms with Gasteiger partial charge in [0, 0.05) is 11.8 Å². The number of aryl methyl sites for hydroxylation is 1. The Kier molecular flexibility index (Phi) is 3.03. The number of amides is 1. The Morgan fingerprint density at radius 2 is 2.36 bits per heavy atom. The number of primary amides is 1. The molecule has 1 aromatic rings. The molecule has 0 bridgehead atoms. The zero-order valence-corrected chi connectivity index (χ0v) is 8.07. The summed E-state index contributed by atoms with van der Waals surface area (Å²) in [5.74, 6) is -0.219. The summed E-state index contributed by atoms with van der Waals surface area (Å²) in [4.78, 5) is 14.9. The molecule has 1 rings (SSSR count). The zero-order valence-electron chi connectivity index (χ0n) is 8.07. The number of hydrogen-bond acceptors (Lipinski definition) is 4. The van der Waals surface area contributed by atoms with Gasteiger partial charge in [-0.25, -0.2) is 0 Å². The first-order valence-electron chi connectivity index (χ1n) is 4.05. The average molecular weight is 196 g/mol. The van der Waals surface area contributed by atoms with Crippen molar-refractivity contribution < 1.29 is 14.6 Å². The van der Waals surface area contributed by atoms with E-state index in [0.29, 0.717) is 17.0 Å². The van der Waals surface area contributed by atoms with Crippen LogP contribution < -0.4 is 10.5 Å². The number of nitrogens with zero attached hydrogens (tertiary/aromatic N) is 1. The van der Waals surface area contributed by atoms with Crippen LogP contribution in [-0.4, -0.2) is 23.1 Å². The lowest BCUT2D eigenvalue weighted by Gasteiger charge is -2.11. The van der Waals surface area contributed by atoms with Crippen LogP contribution in [0.1, 0.15) is 21.6 Å². The van der Waals surface area contributed by atoms with Gasteiger partial charge in [-0.1, -0.05) is 0 Å². The third-order valence-corrected chi connectivity index (χ3v) is 1.94. The fraction of sp³-hybridized carbons (Fsp3) is 0.333. The van der Waals surface area contributed by atoms with Crippen molar-refractivity contribution in [3.05, 3.63) is 23.0 Å². The molecule has 1 amide bonds. The minimum Gasteiger partial charge on any atom is -0.494 e. The molecule has 0 aliphatic rings. The predicted octanol–water partition coefficient (Wildman–Crippen LogP) is -0.0102. The van der Waals surface area contributed by atoms with E-state index in [-0.39, 0.29) is 12.2 Å². The molecule has 76 valence electrons. The van der Waals surface area contributed by atoms with Crippen molar-refractivity contribution in [2.24, 2.45) is 5.73 Å². The van der Waals surface area contributed by atoms with Gasteiger partial charge in [-0.15, -0.1) is 0 Å². The third kappa shape index (κ3) is 1.67. The summed E-state index contributed by atoms with van der Waals surface area (Å²) in [7, 11) is 1.45. The lowest BCUT2D eigenvalue weighted by molar-refractivity contribution is 0.0996. The van der Waals surface area contributed by atoms with Crippen molar-refractivity contribution in [2.75, 3.05) is 7.11 Å². The van der Waals surface area contributed by atoms with Gasteiger partial charge in [0.2, 0.25) is 0 Å². The molecule has 0 aromatic carbocycles. The molecule has 0 spiro atoms. The van der Waals surface area contributed by atoms with E-state index in [1.807, 2.05) is 0 Å². The standard InChI is InChI=1S/C9H12N2O3/c1-5-8(14-2)7(4-12)6(3-11-5)9(10)13/h3,12H,4H2,1-2H3,(H2,10,13). The van der Waals surface area contributed by atoms with E-state index in [1.165, 1.54) is 13.3 Å². The van der Waals surface area contributed by atoms with Crippen LogP contribution in [0.3, 0.4) is 0 Å². The molecule has 0 aliphatic carbocycles. The van der Waals surface area contributed by atoms with Gasteiger partial charge in [-0.05, 0) is 6.92 Å². The van der Waals surface area contributed by atoms with Gasteiger partial charge in [0.25, 0.3) is 5.91 Å². The van der Waals surface area contributed by atoms with Gasteiger partial charge in [-0.2, -0.15) is 0 Å². The normalized spacial score (nSPS) is 9.93. The molecule has 1 aromatic heterocycles. The molecule has 14 heavy (non-hydrogen) atoms. The maximum absolute atomic E-state index is 11.0. The maximum atomic E-state index is 11.0. The van der Waals surface area contributed by atoms with E-state index in [1.54, 1.807) is 6.92 Å². The number of carbonyl (C=O) groups is 1. The van der Waals surface area contributed by atoms with Crippen molar-refractivity contribution in [1.29, 1.82) is 0 Å². The van der Waals surface area contributed by atoms with Crippen LogP contribution in [0.15, 0.2) is 6.20 Å². The van der Waals surface area contributed by atoms with Crippen LogP contribution in [0.2, 0.25) is 0 Å². The summed E-state index contributed by atoms with van der Waals surface area (Å²) >= 11 is 0. The topological polar surface area (TPSA) is 85.4 Å². The van der Waals surface area contributed by atoms with Crippen molar-refractivity contribution in [1.82, 2.24) is 4.98 Å². The number of pyridine rings is 1. The first kappa shape index (κ1) is 10.5. The highest BCUT2D eigenvalue weighted by atomic mass is 16.5. The summed E-state index contributed by atoms with van der Waals surface area (Å²) in [5.41, 5.74) is 6.30. The second-order valence-electron chi connectivity index (χ2n) is 2.79. The van der Waals surface area contributed by atoms with Crippen LogP contribution in [0.25, 0.3) is 0 Å². The minimum absolute atomic E-state index is 0.190. The van der Waals surface area contributed by atoms with E-state index in [4.69, 9.17) is 15.6 Å². The Balaban J connectivity index is 3.40. The number of hydrogen-bond donors (Lipinski definition) is 2. The molecular formula is C9H12N2O3. The van der Waals surface area contributed by atoms with Crippen molar-refractivity contribution in [3.63, 3.8) is 0 Å². The quantitative estimate of drug-likeness (QED) is 0.712. The minimum atomic E-state index is -0.625. The molecule has 3 N–H and O–H groups in total. The zero-order chi connectivity index (χ0) is 10.7. The van der Waals surface area contributed by atoms with Crippen LogP contribution in [0.5, 0.6) is 5.75 Å². The van der Waals surface area contributed by atoms with Crippen LogP contribution in [0.4, 0.5) is 0 Å². The highest BCUT2D eigenvalue weighted by Crippen LogP contribution is 2.24. The number of rotatable bonds is 3. The van der Waals surface area contributed by atoms with E-state index in [2.05, 4.69) is 4.98 Å². The van der Waals surface area contributed by atoms with E-state index in [9.17, 15) is 4.79 Å². The molecule has 5 heteroatoms. The summed E-state index contributed by atoms with van der Waals surface area (Å²) in [6, 6.07) is 0. The second-order valence-corrected chi connectivity index (χ2v) is 2.79. The predicted molar refractivity (Wildman–Crippen MR) is 50.0 cm³/mol. The number of aliphatic hydroxyl groups excluding tert-OH is 1. The number of ether oxygens (including phenoxy) is 1. The molecule has 1 heterocycles. The number of carbonyl (C=O) groups excluding carboxylic acids is 1. The number of methoxy groups -OCH3 is 1. The number of aliphatic hydroxyl groups is 1. The van der Waals surface area contributed by atoms with E-state index >= 15 is 0 Å². The maximum Gasteiger partial charge on any atom is 0.250 e. The molecule has 0 fully saturated rings. The first-order valence-corrected chi connectivity index (χ1v) is 4.05. The molecule has 0 aliphatic heterocycles. The average Bonchev–Trinajstić information content (AvgIpc) is 2.16. The molecule has 0 atom stereocenters. The van der Waals surface area contributed by atoms with Crippen molar-refractivity contribution >= 4 is 5.91 Å². The van der Waals surface area contributed by atoms with Crippen molar-refractivity contribution in [2.45, 2.75) is 13.5 Å². The molecule has 0 saturated carbocycles. The van der Waals surface area contributed by atoms with Gasteiger partial charge < -0.3 is 15.6 Å². The van der Waals surface area contributed by atoms with Gasteiger partial charge in [-0.3, -0.25) is 9.78 Å². The number of nitrogens with two attached hydrogens (primary N) is 1. The molecular weight excluding hydrogens is 184 g/mol. The van der Waals surface area contributed by atoms with Crippen LogP contribution in [0, 0.1) is 6.92 Å². The molecule has 0 saturated heterocycles. The highest BCUT2D eigenvalue weighted by Gasteiger charge is 2.15. The van der Waals surface area contributed by atoms with Crippen LogP contribution in [-0.2, 0) is 6.61 Å². The smallest absolute Gasteiger partial charge is 0.250 e. The highest BCUT2D eigenvalue weighted by molar-refractivity contribution is 5.94. The summed E-state index contributed by atoms with van der Waals surface area (Å²) < 4.78 is 5.03. The first-order chi connectivity index (χ1) is 6.61. The monoisotopic (exact) mass is 196 g/mol. The Morgan fingerprint density at radius 3 is 2.79 bits per heavy atom. The fourth-order valence-electron chi connectivity index (χ4n) is 1.28. The molecule has 0 radical (unpaired) electrons. The molecule has 0 unspecified atom stereocenters. The Labute approximate surface area is 81.5 Å². The Hall–Kier alpha value is -1.62. The summed E-state index contributed by atoms with van der Waals surface area (Å²) in [5, 5.41) is 9.09. The summed E-state index contributed by atoms with van der Waals surface area (Å²) in [6.45, 7) is 1.42. The Morgan fingerprint density at radius 1 is 1.71 bits per heavy atom. The Bertz CT molecular complexity index is 363. The van der Waals surface area contributed by atoms with Gasteiger partial charge >= 0.3 is 0 Å². The second kappa shape index (κ2) is 4.06. The lowest BCUT2D eigenvalue weighted by atomic mass is 10.1. The third-order valence-electron chi connectivity index (χ3n) is 1.94. The number of aromatic nitrogens is 1.